The van der Waals surface area contributed by atoms with E-state index in [2.05, 4.69) is 0 Å². The smallest absolute Gasteiger partial charge is 0.323 e. The van der Waals surface area contributed by atoms with Crippen molar-refractivity contribution in [1.29, 1.82) is 0 Å². The Labute approximate surface area is 97.8 Å². The normalized spacial score (nSPS) is 14.7. The Kier molecular flexibility index (Phi) is 3.60. The number of carbonyl (C=O) groups is 1. The summed E-state index contributed by atoms with van der Waals surface area (Å²) < 4.78 is 0. The van der Waals surface area contributed by atoms with Gasteiger partial charge in [0.05, 0.1) is 10.0 Å². The Bertz CT molecular complexity index is 391. The molecule has 0 aliphatic rings. The number of nitrogens with two attached hydrogens (primary N) is 1. The molecule has 5 heteroatoms. The Morgan fingerprint density at radius 3 is 2.53 bits per heavy atom. The molecule has 1 aromatic carbocycles. The van der Waals surface area contributed by atoms with Crippen molar-refractivity contribution in [2.45, 2.75) is 18.9 Å². The fourth-order valence-electron chi connectivity index (χ4n) is 1.15. The number of hydrogen-bond acceptors (Lipinski definition) is 2. The Morgan fingerprint density at radius 2 is 2.07 bits per heavy atom. The number of carboxylic acids is 1. The number of hydrogen-bond donors (Lipinski definition) is 2. The van der Waals surface area contributed by atoms with Gasteiger partial charge in [0.2, 0.25) is 0 Å². The third kappa shape index (κ3) is 3.09. The second kappa shape index (κ2) is 4.39. The lowest BCUT2D eigenvalue weighted by Crippen LogP contribution is -2.46. The van der Waals surface area contributed by atoms with E-state index in [1.807, 2.05) is 0 Å². The third-order valence-electron chi connectivity index (χ3n) is 2.04. The van der Waals surface area contributed by atoms with Gasteiger partial charge in [-0.1, -0.05) is 29.3 Å². The van der Waals surface area contributed by atoms with Gasteiger partial charge in [0.15, 0.2) is 0 Å². The van der Waals surface area contributed by atoms with Crippen LogP contribution < -0.4 is 5.73 Å². The predicted octanol–water partition coefficient (Wildman–Crippen LogP) is 2.34. The Morgan fingerprint density at radius 1 is 1.47 bits per heavy atom. The van der Waals surface area contributed by atoms with Gasteiger partial charge in [-0.2, -0.15) is 0 Å². The van der Waals surface area contributed by atoms with E-state index >= 15 is 0 Å². The number of aliphatic carboxylic acids is 1. The van der Waals surface area contributed by atoms with Crippen molar-refractivity contribution in [1.82, 2.24) is 0 Å². The molecule has 0 heterocycles. The second-order valence-electron chi connectivity index (χ2n) is 3.65. The molecular weight excluding hydrogens is 237 g/mol. The fraction of sp³-hybridized carbons (Fsp3) is 0.300. The summed E-state index contributed by atoms with van der Waals surface area (Å²) in [6.07, 6.45) is 0.208. The van der Waals surface area contributed by atoms with Crippen molar-refractivity contribution in [2.75, 3.05) is 0 Å². The van der Waals surface area contributed by atoms with E-state index < -0.39 is 11.5 Å². The molecule has 0 unspecified atom stereocenters. The average molecular weight is 248 g/mol. The summed E-state index contributed by atoms with van der Waals surface area (Å²) in [6.45, 7) is 1.46. The molecule has 0 amide bonds. The zero-order chi connectivity index (χ0) is 11.6. The van der Waals surface area contributed by atoms with E-state index in [9.17, 15) is 4.79 Å². The van der Waals surface area contributed by atoms with Crippen LogP contribution in [0.3, 0.4) is 0 Å². The molecule has 0 radical (unpaired) electrons. The van der Waals surface area contributed by atoms with Crippen LogP contribution in [0.2, 0.25) is 10.0 Å². The minimum atomic E-state index is -1.29. The molecule has 3 nitrogen and oxygen atoms in total. The molecule has 3 N–H and O–H groups in total. The summed E-state index contributed by atoms with van der Waals surface area (Å²) in [6, 6.07) is 4.96. The number of benzene rings is 1. The lowest BCUT2D eigenvalue weighted by Gasteiger charge is -2.19. The van der Waals surface area contributed by atoms with Crippen molar-refractivity contribution >= 4 is 29.2 Å². The molecule has 1 rings (SSSR count). The SMILES string of the molecule is C[C@@](N)(Cc1ccc(Cl)c(Cl)c1)C(=O)O. The summed E-state index contributed by atoms with van der Waals surface area (Å²) >= 11 is 11.5. The van der Waals surface area contributed by atoms with Crippen LogP contribution in [-0.2, 0) is 11.2 Å². The monoisotopic (exact) mass is 247 g/mol. The summed E-state index contributed by atoms with van der Waals surface area (Å²) in [5.41, 5.74) is 5.06. The summed E-state index contributed by atoms with van der Waals surface area (Å²) in [7, 11) is 0. The highest BCUT2D eigenvalue weighted by Gasteiger charge is 2.28. The maximum atomic E-state index is 10.8. The Balaban J connectivity index is 2.91. The Hall–Kier alpha value is -0.770. The zero-order valence-electron chi connectivity index (χ0n) is 8.13. The van der Waals surface area contributed by atoms with Gasteiger partial charge in [0, 0.05) is 6.42 Å². The molecular formula is C10H11Cl2NO2. The van der Waals surface area contributed by atoms with Gasteiger partial charge in [-0.25, -0.2) is 0 Å². The first kappa shape index (κ1) is 12.3. The van der Waals surface area contributed by atoms with Crippen LogP contribution in [0.25, 0.3) is 0 Å². The lowest BCUT2D eigenvalue weighted by atomic mass is 9.94. The van der Waals surface area contributed by atoms with Crippen LogP contribution in [0.1, 0.15) is 12.5 Å². The largest absolute Gasteiger partial charge is 0.480 e. The highest BCUT2D eigenvalue weighted by molar-refractivity contribution is 6.42. The third-order valence-corrected chi connectivity index (χ3v) is 2.78. The first-order chi connectivity index (χ1) is 6.83. The van der Waals surface area contributed by atoms with E-state index in [0.717, 1.165) is 5.56 Å². The van der Waals surface area contributed by atoms with Crippen LogP contribution >= 0.6 is 23.2 Å². The molecule has 1 atom stereocenters. The van der Waals surface area contributed by atoms with E-state index in [1.54, 1.807) is 18.2 Å². The molecule has 0 aliphatic heterocycles. The van der Waals surface area contributed by atoms with Crippen molar-refractivity contribution in [3.63, 3.8) is 0 Å². The van der Waals surface area contributed by atoms with Gasteiger partial charge in [-0.15, -0.1) is 0 Å². The summed E-state index contributed by atoms with van der Waals surface area (Å²) in [4.78, 5) is 10.8. The fourth-order valence-corrected chi connectivity index (χ4v) is 1.47. The van der Waals surface area contributed by atoms with Gasteiger partial charge >= 0.3 is 5.97 Å². The number of carboxylic acid groups (broad SMARTS) is 1. The molecule has 15 heavy (non-hydrogen) atoms. The first-order valence-electron chi connectivity index (χ1n) is 4.29. The minimum Gasteiger partial charge on any atom is -0.480 e. The van der Waals surface area contributed by atoms with Gasteiger partial charge in [-0.05, 0) is 24.6 Å². The topological polar surface area (TPSA) is 63.3 Å². The second-order valence-corrected chi connectivity index (χ2v) is 4.46. The van der Waals surface area contributed by atoms with E-state index in [0.29, 0.717) is 10.0 Å². The summed E-state index contributed by atoms with van der Waals surface area (Å²) in [5.74, 6) is -1.05. The molecule has 0 saturated carbocycles. The molecule has 0 spiro atoms. The van der Waals surface area contributed by atoms with Crippen LogP contribution in [0.4, 0.5) is 0 Å². The molecule has 82 valence electrons. The lowest BCUT2D eigenvalue weighted by molar-refractivity contribution is -0.142. The first-order valence-corrected chi connectivity index (χ1v) is 5.05. The molecule has 0 bridgehead atoms. The van der Waals surface area contributed by atoms with Crippen LogP contribution in [0.5, 0.6) is 0 Å². The van der Waals surface area contributed by atoms with Crippen molar-refractivity contribution in [3.05, 3.63) is 33.8 Å². The average Bonchev–Trinajstić information content (AvgIpc) is 2.10. The number of rotatable bonds is 3. The van der Waals surface area contributed by atoms with Gasteiger partial charge in [-0.3, -0.25) is 4.79 Å². The molecule has 1 aromatic rings. The maximum absolute atomic E-state index is 10.8. The van der Waals surface area contributed by atoms with Crippen LogP contribution in [-0.4, -0.2) is 16.6 Å². The van der Waals surface area contributed by atoms with E-state index in [-0.39, 0.29) is 6.42 Å². The van der Waals surface area contributed by atoms with Crippen LogP contribution in [0, 0.1) is 0 Å². The van der Waals surface area contributed by atoms with Crippen molar-refractivity contribution < 1.29 is 9.90 Å². The molecule has 0 saturated heterocycles. The number of halogens is 2. The molecule has 0 fully saturated rings. The van der Waals surface area contributed by atoms with E-state index in [4.69, 9.17) is 34.0 Å². The highest BCUT2D eigenvalue weighted by atomic mass is 35.5. The van der Waals surface area contributed by atoms with Crippen molar-refractivity contribution in [3.8, 4) is 0 Å². The van der Waals surface area contributed by atoms with Gasteiger partial charge in [0.1, 0.15) is 5.54 Å². The van der Waals surface area contributed by atoms with Gasteiger partial charge in [0.25, 0.3) is 0 Å². The standard InChI is InChI=1S/C10H11Cl2NO2/c1-10(13,9(14)15)5-6-2-3-7(11)8(12)4-6/h2-4H,5,13H2,1H3,(H,14,15)/t10-/m1/s1. The molecule has 0 aliphatic carbocycles. The summed E-state index contributed by atoms with van der Waals surface area (Å²) in [5, 5.41) is 9.68. The molecule has 0 aromatic heterocycles. The predicted molar refractivity (Wildman–Crippen MR) is 60.4 cm³/mol. The maximum Gasteiger partial charge on any atom is 0.323 e. The highest BCUT2D eigenvalue weighted by Crippen LogP contribution is 2.24. The quantitative estimate of drug-likeness (QED) is 0.862. The minimum absolute atomic E-state index is 0.208. The van der Waals surface area contributed by atoms with Crippen molar-refractivity contribution in [2.24, 2.45) is 5.73 Å². The van der Waals surface area contributed by atoms with Crippen LogP contribution in [0.15, 0.2) is 18.2 Å². The van der Waals surface area contributed by atoms with E-state index in [1.165, 1.54) is 6.92 Å². The zero-order valence-corrected chi connectivity index (χ0v) is 9.64. The van der Waals surface area contributed by atoms with Gasteiger partial charge < -0.3 is 10.8 Å².